The molecule has 1 saturated heterocycles. The summed E-state index contributed by atoms with van der Waals surface area (Å²) in [4.78, 5) is 105. The molecule has 0 spiro atoms. The molecule has 1 aromatic carbocycles. The van der Waals surface area contributed by atoms with Gasteiger partial charge in [-0.3, -0.25) is 38.5 Å². The number of likely N-dealkylation sites (tertiary alicyclic amines) is 1. The van der Waals surface area contributed by atoms with Crippen molar-refractivity contribution < 1.29 is 53.3 Å². The molecule has 340 valence electrons. The number of carboxylic acids is 2. The van der Waals surface area contributed by atoms with Gasteiger partial charge in [0.05, 0.1) is 24.4 Å². The molecule has 1 aliphatic heterocycles. The molecule has 1 aliphatic rings. The minimum atomic E-state index is -1.45. The van der Waals surface area contributed by atoms with Crippen molar-refractivity contribution >= 4 is 59.1 Å². The fourth-order valence-electron chi connectivity index (χ4n) is 6.83. The molecule has 19 heteroatoms. The summed E-state index contributed by atoms with van der Waals surface area (Å²) in [6.45, 7) is 14.3. The lowest BCUT2D eigenvalue weighted by molar-refractivity contribution is -0.142. The number of benzene rings is 1. The van der Waals surface area contributed by atoms with Gasteiger partial charge >= 0.3 is 11.9 Å². The molecule has 2 rings (SSSR count). The Morgan fingerprint density at radius 2 is 1.67 bits per heavy atom. The number of carbonyl (C=O) groups excluding carboxylic acids is 6. The van der Waals surface area contributed by atoms with Crippen LogP contribution in [-0.4, -0.2) is 143 Å². The summed E-state index contributed by atoms with van der Waals surface area (Å²) in [6.07, 6.45) is 0.869. The molecule has 18 nitrogen and oxygen atoms in total. The van der Waals surface area contributed by atoms with E-state index in [0.29, 0.717) is 5.75 Å². The number of amides is 6. The van der Waals surface area contributed by atoms with Crippen LogP contribution in [0.25, 0.3) is 0 Å². The number of likely N-dealkylation sites (N-methyl/N-ethyl adjacent to an activating group) is 2. The molecule has 0 saturated carbocycles. The Kier molecular flexibility index (Phi) is 19.4. The normalized spacial score (nSPS) is 17.2. The predicted molar refractivity (Wildman–Crippen MR) is 230 cm³/mol. The van der Waals surface area contributed by atoms with Gasteiger partial charge in [0.2, 0.25) is 35.4 Å². The molecule has 0 aliphatic carbocycles. The number of rotatable bonds is 23. The standard InChI is InChI=1S/C42H65N7O11S/c1-23(2)29(48(10)38(55)34(41(4,5)6)47-36(53)33(44-9)42(7,8)25-13-12-14-26(20-25)60-11)19-24(3)35(52)46-28(40(58)59)15-16-31(50)45-17-18-49-32(51)21-30(37(49)54)61-22-27(43)39(56)57/h12-14,19-20,23,27-30,33-34,44H,15-18,21-22,43H2,1-11H3,(H,45,50)(H,46,52)(H,47,53)(H,56,57)(H,58,59)/b24-19+/t27-,28+,29+,30?,33+,34?/m0/s1. The number of nitrogens with two attached hydrogens (primary N) is 1. The van der Waals surface area contributed by atoms with Gasteiger partial charge < -0.3 is 46.9 Å². The molecule has 1 aromatic rings. The van der Waals surface area contributed by atoms with E-state index in [-0.39, 0.29) is 55.5 Å². The van der Waals surface area contributed by atoms with Gasteiger partial charge in [-0.1, -0.05) is 66.7 Å². The lowest BCUT2D eigenvalue weighted by atomic mass is 9.76. The number of carbonyl (C=O) groups is 8. The molecule has 0 radical (unpaired) electrons. The van der Waals surface area contributed by atoms with Gasteiger partial charge in [-0.15, -0.1) is 11.8 Å². The van der Waals surface area contributed by atoms with Crippen LogP contribution in [0.1, 0.15) is 80.2 Å². The first kappa shape index (κ1) is 52.1. The van der Waals surface area contributed by atoms with Gasteiger partial charge in [0, 0.05) is 49.7 Å². The minimum absolute atomic E-state index is 0.0575. The Morgan fingerprint density at radius 3 is 2.21 bits per heavy atom. The molecule has 0 aromatic heterocycles. The topological polar surface area (TPSA) is 267 Å². The van der Waals surface area contributed by atoms with Crippen molar-refractivity contribution in [3.05, 3.63) is 41.5 Å². The zero-order chi connectivity index (χ0) is 46.6. The molecule has 8 N–H and O–H groups in total. The van der Waals surface area contributed by atoms with Crippen LogP contribution in [0, 0.1) is 11.3 Å². The SMILES string of the molecule is CN[C@H](C(=O)NC(C(=O)N(C)[C@H](/C=C(\C)C(=O)N[C@H](CCC(=O)NCCN1C(=O)CC(SC[C@H](N)C(=O)O)C1=O)C(=O)O)C(C)C)C(C)(C)C)C(C)(C)c1cccc(OC)c1. The van der Waals surface area contributed by atoms with Crippen LogP contribution in [0.2, 0.25) is 0 Å². The largest absolute Gasteiger partial charge is 0.497 e. The second-order valence-corrected chi connectivity index (χ2v) is 18.4. The number of hydrogen-bond acceptors (Lipinski definition) is 12. The second-order valence-electron chi connectivity index (χ2n) is 17.1. The summed E-state index contributed by atoms with van der Waals surface area (Å²) >= 11 is 0.974. The maximum absolute atomic E-state index is 14.3. The number of carboxylic acid groups (broad SMARTS) is 2. The first-order chi connectivity index (χ1) is 28.3. The number of nitrogens with one attached hydrogen (secondary N) is 4. The average molecular weight is 876 g/mol. The van der Waals surface area contributed by atoms with Gasteiger partial charge in [-0.25, -0.2) is 4.79 Å². The van der Waals surface area contributed by atoms with Crippen LogP contribution < -0.4 is 31.7 Å². The maximum Gasteiger partial charge on any atom is 0.326 e. The van der Waals surface area contributed by atoms with E-state index in [1.54, 1.807) is 27.3 Å². The van der Waals surface area contributed by atoms with Gasteiger partial charge in [0.1, 0.15) is 23.9 Å². The molecule has 6 atom stereocenters. The third-order valence-electron chi connectivity index (χ3n) is 10.7. The number of thioether (sulfide) groups is 1. The predicted octanol–water partition coefficient (Wildman–Crippen LogP) is 1.26. The molecule has 2 unspecified atom stereocenters. The van der Waals surface area contributed by atoms with E-state index in [0.717, 1.165) is 22.2 Å². The number of ether oxygens (including phenoxy) is 1. The average Bonchev–Trinajstić information content (AvgIpc) is 3.45. The van der Waals surface area contributed by atoms with Crippen molar-refractivity contribution in [1.82, 2.24) is 31.1 Å². The van der Waals surface area contributed by atoms with Crippen molar-refractivity contribution in [1.29, 1.82) is 0 Å². The van der Waals surface area contributed by atoms with Crippen molar-refractivity contribution in [3.63, 3.8) is 0 Å². The van der Waals surface area contributed by atoms with E-state index >= 15 is 0 Å². The molecule has 61 heavy (non-hydrogen) atoms. The molecular weight excluding hydrogens is 811 g/mol. The van der Waals surface area contributed by atoms with Crippen molar-refractivity contribution in [2.45, 2.75) is 116 Å². The monoisotopic (exact) mass is 875 g/mol. The number of aliphatic carboxylic acids is 2. The van der Waals surface area contributed by atoms with Gasteiger partial charge in [-0.2, -0.15) is 0 Å². The van der Waals surface area contributed by atoms with E-state index in [4.69, 9.17) is 15.6 Å². The zero-order valence-corrected chi connectivity index (χ0v) is 37.9. The highest BCUT2D eigenvalue weighted by atomic mass is 32.2. The lowest BCUT2D eigenvalue weighted by Gasteiger charge is -2.40. The van der Waals surface area contributed by atoms with Crippen LogP contribution in [-0.2, 0) is 43.8 Å². The quantitative estimate of drug-likeness (QED) is 0.0603. The van der Waals surface area contributed by atoms with Crippen LogP contribution in [0.4, 0.5) is 0 Å². The highest BCUT2D eigenvalue weighted by Crippen LogP contribution is 2.31. The molecule has 0 bridgehead atoms. The van der Waals surface area contributed by atoms with Gasteiger partial charge in [0.15, 0.2) is 0 Å². The Hall–Kier alpha value is -5.01. The van der Waals surface area contributed by atoms with Crippen molar-refractivity contribution in [2.75, 3.05) is 40.0 Å². The molecule has 1 fully saturated rings. The van der Waals surface area contributed by atoms with Crippen LogP contribution in [0.3, 0.4) is 0 Å². The minimum Gasteiger partial charge on any atom is -0.497 e. The fourth-order valence-corrected chi connectivity index (χ4v) is 7.94. The van der Waals surface area contributed by atoms with Crippen molar-refractivity contribution in [2.24, 2.45) is 17.1 Å². The first-order valence-electron chi connectivity index (χ1n) is 20.1. The summed E-state index contributed by atoms with van der Waals surface area (Å²) in [6, 6.07) is 2.43. The lowest BCUT2D eigenvalue weighted by Crippen LogP contribution is -2.61. The van der Waals surface area contributed by atoms with E-state index in [9.17, 15) is 43.5 Å². The first-order valence-corrected chi connectivity index (χ1v) is 21.1. The van der Waals surface area contributed by atoms with Crippen LogP contribution >= 0.6 is 11.8 Å². The van der Waals surface area contributed by atoms with Gasteiger partial charge in [-0.05, 0) is 49.4 Å². The Bertz CT molecular complexity index is 1810. The summed E-state index contributed by atoms with van der Waals surface area (Å²) in [5.74, 6) is -5.30. The summed E-state index contributed by atoms with van der Waals surface area (Å²) < 4.78 is 5.40. The third-order valence-corrected chi connectivity index (χ3v) is 12.0. The number of hydrogen-bond donors (Lipinski definition) is 7. The number of nitrogens with zero attached hydrogens (tertiary/aromatic N) is 2. The van der Waals surface area contributed by atoms with E-state index in [1.165, 1.54) is 11.8 Å². The zero-order valence-electron chi connectivity index (χ0n) is 37.1. The number of methoxy groups -OCH3 is 1. The van der Waals surface area contributed by atoms with Crippen molar-refractivity contribution in [3.8, 4) is 5.75 Å². The van der Waals surface area contributed by atoms with E-state index in [1.807, 2.05) is 72.7 Å². The summed E-state index contributed by atoms with van der Waals surface area (Å²) in [5.41, 5.74) is 5.01. The van der Waals surface area contributed by atoms with Gasteiger partial charge in [0.25, 0.3) is 0 Å². The Labute approximate surface area is 362 Å². The van der Waals surface area contributed by atoms with Crippen LogP contribution in [0.5, 0.6) is 5.75 Å². The fraction of sp³-hybridized carbons (Fsp3) is 0.619. The third kappa shape index (κ3) is 14.6. The summed E-state index contributed by atoms with van der Waals surface area (Å²) in [5, 5.41) is 29.2. The smallest absolute Gasteiger partial charge is 0.326 e. The van der Waals surface area contributed by atoms with E-state index < -0.39 is 87.8 Å². The Morgan fingerprint density at radius 1 is 1.03 bits per heavy atom. The highest BCUT2D eigenvalue weighted by molar-refractivity contribution is 8.00. The number of imide groups is 1. The maximum atomic E-state index is 14.3. The van der Waals surface area contributed by atoms with E-state index in [2.05, 4.69) is 21.3 Å². The summed E-state index contributed by atoms with van der Waals surface area (Å²) in [7, 11) is 4.83. The molecular formula is C42H65N7O11S. The van der Waals surface area contributed by atoms with Crippen LogP contribution in [0.15, 0.2) is 35.9 Å². The Balaban J connectivity index is 2.09. The second kappa shape index (κ2) is 22.7. The highest BCUT2D eigenvalue weighted by Gasteiger charge is 2.42. The molecule has 1 heterocycles. The molecule has 6 amide bonds.